The molecule has 0 radical (unpaired) electrons. The summed E-state index contributed by atoms with van der Waals surface area (Å²) in [6.45, 7) is 3.34. The van der Waals surface area contributed by atoms with Gasteiger partial charge in [-0.2, -0.15) is 8.42 Å². The molecule has 0 aliphatic heterocycles. The number of hydrogen-bond acceptors (Lipinski definition) is 5. The summed E-state index contributed by atoms with van der Waals surface area (Å²) in [6.07, 6.45) is 22.4. The van der Waals surface area contributed by atoms with Gasteiger partial charge in [0, 0.05) is 13.7 Å². The third-order valence-corrected chi connectivity index (χ3v) is 5.81. The lowest BCUT2D eigenvalue weighted by atomic mass is 10.0. The van der Waals surface area contributed by atoms with Crippen LogP contribution in [-0.2, 0) is 23.8 Å². The minimum absolute atomic E-state index is 0.00823. The molecule has 5 nitrogen and oxygen atoms in total. The standard InChI is InChI=1S/C23H48O5S/c1-4-5-6-7-8-9-10-11-12-13-14-15-16-17-18-19-20-27-21-23(26-2)22-28-29(3,24)25/h23H,4-22H2,1-3H3. The predicted octanol–water partition coefficient (Wildman–Crippen LogP) is 6.26. The molecule has 1 atom stereocenters. The van der Waals surface area contributed by atoms with Crippen LogP contribution in [0.3, 0.4) is 0 Å². The molecule has 0 fully saturated rings. The summed E-state index contributed by atoms with van der Waals surface area (Å²) in [6, 6.07) is 0. The second-order valence-corrected chi connectivity index (χ2v) is 9.87. The highest BCUT2D eigenvalue weighted by molar-refractivity contribution is 7.85. The Hall–Kier alpha value is -0.170. The monoisotopic (exact) mass is 436 g/mol. The summed E-state index contributed by atoms with van der Waals surface area (Å²) in [5.74, 6) is 0. The van der Waals surface area contributed by atoms with Crippen molar-refractivity contribution >= 4 is 10.1 Å². The van der Waals surface area contributed by atoms with E-state index >= 15 is 0 Å². The van der Waals surface area contributed by atoms with Crippen molar-refractivity contribution < 1.29 is 22.1 Å². The molecule has 1 unspecified atom stereocenters. The van der Waals surface area contributed by atoms with Crippen molar-refractivity contribution in [3.63, 3.8) is 0 Å². The molecule has 0 N–H and O–H groups in total. The molecule has 0 aromatic carbocycles. The van der Waals surface area contributed by atoms with E-state index in [1.54, 1.807) is 0 Å². The number of unbranched alkanes of at least 4 members (excludes halogenated alkanes) is 15. The van der Waals surface area contributed by atoms with E-state index < -0.39 is 10.1 Å². The quantitative estimate of drug-likeness (QED) is 0.140. The summed E-state index contributed by atoms with van der Waals surface area (Å²) in [5.41, 5.74) is 0. The summed E-state index contributed by atoms with van der Waals surface area (Å²) < 4.78 is 37.4. The Balaban J connectivity index is 3.23. The Morgan fingerprint density at radius 2 is 1.07 bits per heavy atom. The Morgan fingerprint density at radius 1 is 0.655 bits per heavy atom. The van der Waals surface area contributed by atoms with Gasteiger partial charge in [-0.15, -0.1) is 0 Å². The van der Waals surface area contributed by atoms with Gasteiger partial charge < -0.3 is 9.47 Å². The number of methoxy groups -OCH3 is 1. The van der Waals surface area contributed by atoms with Crippen molar-refractivity contribution in [2.75, 3.05) is 33.2 Å². The van der Waals surface area contributed by atoms with Gasteiger partial charge in [-0.3, -0.25) is 4.18 Å². The van der Waals surface area contributed by atoms with E-state index in [-0.39, 0.29) is 12.7 Å². The van der Waals surface area contributed by atoms with Crippen LogP contribution in [-0.4, -0.2) is 47.7 Å². The molecule has 0 aliphatic rings. The number of rotatable bonds is 23. The van der Waals surface area contributed by atoms with Crippen LogP contribution < -0.4 is 0 Å². The van der Waals surface area contributed by atoms with Crippen LogP contribution in [0.25, 0.3) is 0 Å². The first-order valence-electron chi connectivity index (χ1n) is 11.9. The molecule has 0 aliphatic carbocycles. The zero-order valence-corrected chi connectivity index (χ0v) is 20.3. The molecule has 6 heteroatoms. The Bertz CT molecular complexity index is 425. The average Bonchev–Trinajstić information content (AvgIpc) is 2.68. The third kappa shape index (κ3) is 24.0. The second-order valence-electron chi connectivity index (χ2n) is 8.22. The predicted molar refractivity (Wildman–Crippen MR) is 122 cm³/mol. The normalized spacial score (nSPS) is 13.1. The lowest BCUT2D eigenvalue weighted by Crippen LogP contribution is -2.26. The average molecular weight is 437 g/mol. The Labute approximate surface area is 181 Å². The van der Waals surface area contributed by atoms with Crippen LogP contribution in [0.15, 0.2) is 0 Å². The first-order chi connectivity index (χ1) is 14.0. The van der Waals surface area contributed by atoms with Crippen LogP contribution in [0.1, 0.15) is 110 Å². The summed E-state index contributed by atoms with van der Waals surface area (Å²) in [7, 11) is -1.89. The fourth-order valence-corrected chi connectivity index (χ4v) is 3.75. The highest BCUT2D eigenvalue weighted by atomic mass is 32.2. The van der Waals surface area contributed by atoms with Crippen LogP contribution in [0, 0.1) is 0 Å². The van der Waals surface area contributed by atoms with Crippen molar-refractivity contribution in [3.8, 4) is 0 Å². The lowest BCUT2D eigenvalue weighted by molar-refractivity contribution is -0.0138. The van der Waals surface area contributed by atoms with Gasteiger partial charge in [0.2, 0.25) is 0 Å². The van der Waals surface area contributed by atoms with E-state index in [4.69, 9.17) is 13.7 Å². The van der Waals surface area contributed by atoms with E-state index in [1.165, 1.54) is 103 Å². The second kappa shape index (κ2) is 21.1. The highest BCUT2D eigenvalue weighted by Gasteiger charge is 2.11. The molecule has 0 heterocycles. The fourth-order valence-electron chi connectivity index (χ4n) is 3.35. The van der Waals surface area contributed by atoms with E-state index in [0.29, 0.717) is 13.2 Å². The highest BCUT2D eigenvalue weighted by Crippen LogP contribution is 2.13. The maximum atomic E-state index is 11.0. The Kier molecular flexibility index (Phi) is 21.0. The van der Waals surface area contributed by atoms with Crippen molar-refractivity contribution in [1.29, 1.82) is 0 Å². The van der Waals surface area contributed by atoms with Crippen LogP contribution >= 0.6 is 0 Å². The van der Waals surface area contributed by atoms with E-state index in [0.717, 1.165) is 12.7 Å². The lowest BCUT2D eigenvalue weighted by Gasteiger charge is -2.14. The van der Waals surface area contributed by atoms with E-state index in [2.05, 4.69) is 6.92 Å². The minimum Gasteiger partial charge on any atom is -0.379 e. The summed E-state index contributed by atoms with van der Waals surface area (Å²) in [4.78, 5) is 0. The van der Waals surface area contributed by atoms with Gasteiger partial charge in [-0.05, 0) is 6.42 Å². The first kappa shape index (κ1) is 28.8. The molecule has 0 saturated carbocycles. The van der Waals surface area contributed by atoms with Crippen molar-refractivity contribution in [3.05, 3.63) is 0 Å². The van der Waals surface area contributed by atoms with E-state index in [9.17, 15) is 8.42 Å². The SMILES string of the molecule is CCCCCCCCCCCCCCCCCCOCC(COS(C)(=O)=O)OC. The van der Waals surface area contributed by atoms with Gasteiger partial charge in [0.1, 0.15) is 6.10 Å². The number of ether oxygens (including phenoxy) is 2. The maximum Gasteiger partial charge on any atom is 0.264 e. The molecule has 176 valence electrons. The van der Waals surface area contributed by atoms with Gasteiger partial charge in [-0.1, -0.05) is 103 Å². The van der Waals surface area contributed by atoms with Crippen molar-refractivity contribution in [2.24, 2.45) is 0 Å². The van der Waals surface area contributed by atoms with Gasteiger partial charge in [0.25, 0.3) is 10.1 Å². The zero-order valence-electron chi connectivity index (χ0n) is 19.5. The van der Waals surface area contributed by atoms with Gasteiger partial charge >= 0.3 is 0 Å². The first-order valence-corrected chi connectivity index (χ1v) is 13.8. The molecule has 0 aromatic heterocycles. The smallest absolute Gasteiger partial charge is 0.264 e. The summed E-state index contributed by atoms with van der Waals surface area (Å²) in [5, 5.41) is 0. The van der Waals surface area contributed by atoms with Crippen molar-refractivity contribution in [1.82, 2.24) is 0 Å². The molecule has 29 heavy (non-hydrogen) atoms. The van der Waals surface area contributed by atoms with Gasteiger partial charge in [0.15, 0.2) is 0 Å². The topological polar surface area (TPSA) is 61.8 Å². The molecule has 0 amide bonds. The van der Waals surface area contributed by atoms with E-state index in [1.807, 2.05) is 0 Å². The fraction of sp³-hybridized carbons (Fsp3) is 1.00. The number of hydrogen-bond donors (Lipinski definition) is 0. The van der Waals surface area contributed by atoms with Crippen molar-refractivity contribution in [2.45, 2.75) is 116 Å². The third-order valence-electron chi connectivity index (χ3n) is 5.25. The largest absolute Gasteiger partial charge is 0.379 e. The molecule has 0 rings (SSSR count). The molecular formula is C23H48O5S. The van der Waals surface area contributed by atoms with Crippen LogP contribution in [0.4, 0.5) is 0 Å². The van der Waals surface area contributed by atoms with Crippen LogP contribution in [0.5, 0.6) is 0 Å². The molecule has 0 bridgehead atoms. The zero-order chi connectivity index (χ0) is 21.6. The molecule has 0 aromatic rings. The Morgan fingerprint density at radius 3 is 1.45 bits per heavy atom. The molecular weight excluding hydrogens is 388 g/mol. The minimum atomic E-state index is -3.43. The van der Waals surface area contributed by atoms with Gasteiger partial charge in [-0.25, -0.2) is 0 Å². The maximum absolute atomic E-state index is 11.0. The molecule has 0 spiro atoms. The molecule has 0 saturated heterocycles. The van der Waals surface area contributed by atoms with Gasteiger partial charge in [0.05, 0.1) is 19.5 Å². The van der Waals surface area contributed by atoms with Crippen LogP contribution in [0.2, 0.25) is 0 Å². The summed E-state index contributed by atoms with van der Waals surface area (Å²) >= 11 is 0.